The SMILES string of the molecule is Cc1cc(CN(C)CCC(=O)Nc2cccc(S(N)(=O)=O)c2)no1. The quantitative estimate of drug-likeness (QED) is 0.770. The van der Waals surface area contributed by atoms with Gasteiger partial charge in [0.05, 0.1) is 10.6 Å². The Labute approximate surface area is 140 Å². The number of nitrogens with two attached hydrogens (primary N) is 1. The van der Waals surface area contributed by atoms with Gasteiger partial charge in [-0.25, -0.2) is 13.6 Å². The largest absolute Gasteiger partial charge is 0.361 e. The molecule has 2 aromatic rings. The van der Waals surface area contributed by atoms with Crippen LogP contribution >= 0.6 is 0 Å². The number of rotatable bonds is 7. The van der Waals surface area contributed by atoms with Crippen LogP contribution in [0.4, 0.5) is 5.69 Å². The maximum Gasteiger partial charge on any atom is 0.238 e. The molecule has 0 aliphatic heterocycles. The minimum Gasteiger partial charge on any atom is -0.361 e. The molecule has 2 rings (SSSR count). The van der Waals surface area contributed by atoms with Crippen molar-refractivity contribution < 1.29 is 17.7 Å². The maximum absolute atomic E-state index is 12.0. The molecule has 0 saturated heterocycles. The fraction of sp³-hybridized carbons (Fsp3) is 0.333. The molecule has 0 saturated carbocycles. The van der Waals surface area contributed by atoms with Gasteiger partial charge in [-0.15, -0.1) is 0 Å². The third-order valence-corrected chi connectivity index (χ3v) is 4.19. The Kier molecular flexibility index (Phi) is 5.71. The normalized spacial score (nSPS) is 11.7. The Morgan fingerprint density at radius 1 is 1.38 bits per heavy atom. The van der Waals surface area contributed by atoms with E-state index in [4.69, 9.17) is 9.66 Å². The van der Waals surface area contributed by atoms with Crippen molar-refractivity contribution in [3.05, 3.63) is 41.8 Å². The predicted molar refractivity (Wildman–Crippen MR) is 88.6 cm³/mol. The lowest BCUT2D eigenvalue weighted by Crippen LogP contribution is -2.24. The smallest absolute Gasteiger partial charge is 0.238 e. The van der Waals surface area contributed by atoms with Crippen LogP contribution < -0.4 is 10.5 Å². The summed E-state index contributed by atoms with van der Waals surface area (Å²) in [5, 5.41) is 11.6. The summed E-state index contributed by atoms with van der Waals surface area (Å²) in [6.07, 6.45) is 0.257. The number of carbonyl (C=O) groups excluding carboxylic acids is 1. The number of nitrogens with zero attached hydrogens (tertiary/aromatic N) is 2. The van der Waals surface area contributed by atoms with Crippen LogP contribution in [0, 0.1) is 6.92 Å². The molecule has 1 amide bonds. The molecule has 0 aliphatic rings. The summed E-state index contributed by atoms with van der Waals surface area (Å²) in [6.45, 7) is 2.91. The first-order chi connectivity index (χ1) is 11.2. The second kappa shape index (κ2) is 7.56. The van der Waals surface area contributed by atoms with Crippen molar-refractivity contribution in [2.24, 2.45) is 5.14 Å². The van der Waals surface area contributed by atoms with Crippen molar-refractivity contribution in [1.29, 1.82) is 0 Å². The van der Waals surface area contributed by atoms with Gasteiger partial charge in [-0.2, -0.15) is 0 Å². The van der Waals surface area contributed by atoms with Crippen molar-refractivity contribution in [3.8, 4) is 0 Å². The summed E-state index contributed by atoms with van der Waals surface area (Å²) in [5.74, 6) is 0.524. The van der Waals surface area contributed by atoms with E-state index in [0.29, 0.717) is 18.8 Å². The molecule has 0 fully saturated rings. The van der Waals surface area contributed by atoms with Crippen LogP contribution in [0.2, 0.25) is 0 Å². The van der Waals surface area contributed by atoms with Gasteiger partial charge in [-0.05, 0) is 32.2 Å². The van der Waals surface area contributed by atoms with Gasteiger partial charge in [0, 0.05) is 31.3 Å². The van der Waals surface area contributed by atoms with Gasteiger partial charge in [0.15, 0.2) is 0 Å². The van der Waals surface area contributed by atoms with Crippen molar-refractivity contribution in [1.82, 2.24) is 10.1 Å². The fourth-order valence-electron chi connectivity index (χ4n) is 2.11. The highest BCUT2D eigenvalue weighted by molar-refractivity contribution is 7.89. The lowest BCUT2D eigenvalue weighted by atomic mass is 10.3. The van der Waals surface area contributed by atoms with E-state index in [2.05, 4.69) is 10.5 Å². The summed E-state index contributed by atoms with van der Waals surface area (Å²) in [4.78, 5) is 13.9. The number of primary sulfonamides is 1. The third-order valence-electron chi connectivity index (χ3n) is 3.28. The minimum atomic E-state index is -3.79. The van der Waals surface area contributed by atoms with E-state index in [1.54, 1.807) is 6.07 Å². The van der Waals surface area contributed by atoms with Gasteiger partial charge in [0.25, 0.3) is 0 Å². The van der Waals surface area contributed by atoms with E-state index < -0.39 is 10.0 Å². The molecule has 9 heteroatoms. The van der Waals surface area contributed by atoms with Crippen molar-refractivity contribution in [2.45, 2.75) is 24.8 Å². The molecule has 8 nitrogen and oxygen atoms in total. The highest BCUT2D eigenvalue weighted by Crippen LogP contribution is 2.14. The van der Waals surface area contributed by atoms with Crippen molar-refractivity contribution >= 4 is 21.6 Å². The molecule has 0 atom stereocenters. The molecule has 0 radical (unpaired) electrons. The first-order valence-corrected chi connectivity index (χ1v) is 8.82. The van der Waals surface area contributed by atoms with E-state index in [9.17, 15) is 13.2 Å². The molecule has 0 spiro atoms. The summed E-state index contributed by atoms with van der Waals surface area (Å²) >= 11 is 0. The zero-order chi connectivity index (χ0) is 17.7. The summed E-state index contributed by atoms with van der Waals surface area (Å²) in [7, 11) is -1.92. The van der Waals surface area contributed by atoms with Crippen molar-refractivity contribution in [3.63, 3.8) is 0 Å². The van der Waals surface area contributed by atoms with Gasteiger partial charge in [0.1, 0.15) is 5.76 Å². The number of hydrogen-bond donors (Lipinski definition) is 2. The number of carbonyl (C=O) groups is 1. The molecule has 24 heavy (non-hydrogen) atoms. The molecule has 1 aromatic heterocycles. The molecule has 0 aliphatic carbocycles. The van der Waals surface area contributed by atoms with E-state index in [0.717, 1.165) is 11.5 Å². The molecule has 1 aromatic carbocycles. The Hall–Kier alpha value is -2.23. The highest BCUT2D eigenvalue weighted by atomic mass is 32.2. The molecule has 0 bridgehead atoms. The number of hydrogen-bond acceptors (Lipinski definition) is 6. The summed E-state index contributed by atoms with van der Waals surface area (Å²) in [6, 6.07) is 7.67. The maximum atomic E-state index is 12.0. The Bertz CT molecular complexity index is 816. The summed E-state index contributed by atoms with van der Waals surface area (Å²) in [5.41, 5.74) is 1.19. The lowest BCUT2D eigenvalue weighted by Gasteiger charge is -2.14. The van der Waals surface area contributed by atoms with E-state index >= 15 is 0 Å². The van der Waals surface area contributed by atoms with Gasteiger partial charge in [0.2, 0.25) is 15.9 Å². The topological polar surface area (TPSA) is 119 Å². The van der Waals surface area contributed by atoms with Crippen LogP contribution in [0.15, 0.2) is 39.8 Å². The Balaban J connectivity index is 1.85. The number of anilines is 1. The predicted octanol–water partition coefficient (Wildman–Crippen LogP) is 1.09. The van der Waals surface area contributed by atoms with Gasteiger partial charge >= 0.3 is 0 Å². The third kappa shape index (κ3) is 5.44. The van der Waals surface area contributed by atoms with Gasteiger partial charge < -0.3 is 9.84 Å². The highest BCUT2D eigenvalue weighted by Gasteiger charge is 2.11. The van der Waals surface area contributed by atoms with E-state index in [-0.39, 0.29) is 17.2 Å². The number of sulfonamides is 1. The standard InChI is InChI=1S/C15H20N4O4S/c1-11-8-13(18-23-11)10-19(2)7-6-15(20)17-12-4-3-5-14(9-12)24(16,21)22/h3-5,8-9H,6-7,10H2,1-2H3,(H,17,20)(H2,16,21,22). The lowest BCUT2D eigenvalue weighted by molar-refractivity contribution is -0.116. The van der Waals surface area contributed by atoms with Gasteiger partial charge in [-0.3, -0.25) is 9.69 Å². The monoisotopic (exact) mass is 352 g/mol. The molecule has 1 heterocycles. The van der Waals surface area contributed by atoms with Crippen LogP contribution in [0.25, 0.3) is 0 Å². The zero-order valence-corrected chi connectivity index (χ0v) is 14.3. The second-order valence-corrected chi connectivity index (χ2v) is 7.10. The Morgan fingerprint density at radius 3 is 2.75 bits per heavy atom. The van der Waals surface area contributed by atoms with Crippen LogP contribution in [-0.2, 0) is 21.4 Å². The van der Waals surface area contributed by atoms with Crippen molar-refractivity contribution in [2.75, 3.05) is 18.9 Å². The van der Waals surface area contributed by atoms with Crippen LogP contribution in [-0.4, -0.2) is 38.0 Å². The van der Waals surface area contributed by atoms with Gasteiger partial charge in [-0.1, -0.05) is 11.2 Å². The number of benzene rings is 1. The number of amides is 1. The molecule has 130 valence electrons. The number of nitrogens with one attached hydrogen (secondary N) is 1. The van der Waals surface area contributed by atoms with Crippen LogP contribution in [0.3, 0.4) is 0 Å². The summed E-state index contributed by atoms with van der Waals surface area (Å²) < 4.78 is 27.6. The van der Waals surface area contributed by atoms with Crippen LogP contribution in [0.5, 0.6) is 0 Å². The molecular weight excluding hydrogens is 332 g/mol. The average molecular weight is 352 g/mol. The second-order valence-electron chi connectivity index (χ2n) is 5.54. The zero-order valence-electron chi connectivity index (χ0n) is 13.5. The fourth-order valence-corrected chi connectivity index (χ4v) is 2.67. The molecular formula is C15H20N4O4S. The molecule has 3 N–H and O–H groups in total. The first kappa shape index (κ1) is 18.1. The number of aromatic nitrogens is 1. The van der Waals surface area contributed by atoms with Crippen LogP contribution in [0.1, 0.15) is 17.9 Å². The average Bonchev–Trinajstić information content (AvgIpc) is 2.90. The minimum absolute atomic E-state index is 0.0428. The van der Waals surface area contributed by atoms with E-state index in [1.165, 1.54) is 18.2 Å². The number of aryl methyl sites for hydroxylation is 1. The first-order valence-electron chi connectivity index (χ1n) is 7.27. The molecule has 0 unspecified atom stereocenters. The van der Waals surface area contributed by atoms with E-state index in [1.807, 2.05) is 24.9 Å². The Morgan fingerprint density at radius 2 is 2.12 bits per heavy atom.